The predicted octanol–water partition coefficient (Wildman–Crippen LogP) is 5.36. The van der Waals surface area contributed by atoms with Crippen LogP contribution >= 0.6 is 15.9 Å². The van der Waals surface area contributed by atoms with Crippen molar-refractivity contribution in [1.29, 1.82) is 0 Å². The first kappa shape index (κ1) is 16.9. The molecule has 130 valence electrons. The van der Waals surface area contributed by atoms with Gasteiger partial charge in [-0.2, -0.15) is 0 Å². The first-order chi connectivity index (χ1) is 12.7. The monoisotopic (exact) mass is 407 g/mol. The van der Waals surface area contributed by atoms with Gasteiger partial charge in [0, 0.05) is 27.2 Å². The second-order valence-electron chi connectivity index (χ2n) is 6.32. The molecule has 0 unspecified atom stereocenters. The van der Waals surface area contributed by atoms with Gasteiger partial charge in [0.05, 0.1) is 7.11 Å². The number of methoxy groups -OCH3 is 1. The van der Waals surface area contributed by atoms with Crippen molar-refractivity contribution < 1.29 is 9.53 Å². The predicted molar refractivity (Wildman–Crippen MR) is 110 cm³/mol. The van der Waals surface area contributed by atoms with Gasteiger partial charge in [-0.3, -0.25) is 4.79 Å². The third-order valence-electron chi connectivity index (χ3n) is 4.74. The summed E-state index contributed by atoms with van der Waals surface area (Å²) in [5, 5.41) is 5.42. The molecule has 1 aliphatic carbocycles. The summed E-state index contributed by atoms with van der Waals surface area (Å²) in [6, 6.07) is 16.1. The van der Waals surface area contributed by atoms with Gasteiger partial charge in [0.15, 0.2) is 0 Å². The van der Waals surface area contributed by atoms with Gasteiger partial charge in [0.1, 0.15) is 5.75 Å². The van der Waals surface area contributed by atoms with E-state index >= 15 is 0 Å². The van der Waals surface area contributed by atoms with Gasteiger partial charge in [-0.05, 0) is 59.7 Å². The molecule has 0 fully saturated rings. The molecule has 0 saturated heterocycles. The van der Waals surface area contributed by atoms with Crippen LogP contribution < -0.4 is 10.1 Å². The van der Waals surface area contributed by atoms with Crippen molar-refractivity contribution in [2.45, 2.75) is 12.8 Å². The van der Waals surface area contributed by atoms with E-state index in [1.54, 1.807) is 13.2 Å². The summed E-state index contributed by atoms with van der Waals surface area (Å²) in [7, 11) is 1.62. The number of aryl methyl sites for hydroxylation is 2. The summed E-state index contributed by atoms with van der Waals surface area (Å²) in [5.41, 5.74) is 4.42. The van der Waals surface area contributed by atoms with Crippen LogP contribution in [0.3, 0.4) is 0 Å². The van der Waals surface area contributed by atoms with E-state index in [0.29, 0.717) is 0 Å². The minimum absolute atomic E-state index is 0.161. The molecule has 3 nitrogen and oxygen atoms in total. The van der Waals surface area contributed by atoms with Crippen molar-refractivity contribution in [3.8, 4) is 5.75 Å². The van der Waals surface area contributed by atoms with Crippen LogP contribution in [-0.4, -0.2) is 13.0 Å². The SMILES string of the molecule is COc1ccc(Br)cc1C=CC(=O)Nc1ccc2c3c(cccc13)CC2. The Labute approximate surface area is 160 Å². The smallest absolute Gasteiger partial charge is 0.248 e. The Balaban J connectivity index is 1.60. The fourth-order valence-electron chi connectivity index (χ4n) is 3.53. The van der Waals surface area contributed by atoms with E-state index in [4.69, 9.17) is 4.74 Å². The summed E-state index contributed by atoms with van der Waals surface area (Å²) in [6.45, 7) is 0. The van der Waals surface area contributed by atoms with Gasteiger partial charge in [0.25, 0.3) is 0 Å². The van der Waals surface area contributed by atoms with E-state index in [0.717, 1.165) is 39.7 Å². The van der Waals surface area contributed by atoms with Gasteiger partial charge in [-0.1, -0.05) is 40.2 Å². The van der Waals surface area contributed by atoms with Gasteiger partial charge >= 0.3 is 0 Å². The highest BCUT2D eigenvalue weighted by Gasteiger charge is 2.16. The average Bonchev–Trinajstić information content (AvgIpc) is 3.07. The molecular formula is C22H18BrNO2. The fraction of sp³-hybridized carbons (Fsp3) is 0.136. The number of rotatable bonds is 4. The standard InChI is InChI=1S/C22H18BrNO2/c1-26-20-11-9-17(23)13-16(20)8-12-21(25)24-19-10-7-15-6-5-14-3-2-4-18(19)22(14)15/h2-4,7-13H,5-6H2,1H3,(H,24,25). The maximum absolute atomic E-state index is 12.4. The highest BCUT2D eigenvalue weighted by molar-refractivity contribution is 9.10. The molecule has 1 N–H and O–H groups in total. The average molecular weight is 408 g/mol. The maximum atomic E-state index is 12.4. The summed E-state index contributed by atoms with van der Waals surface area (Å²) in [6.07, 6.45) is 5.45. The molecule has 0 atom stereocenters. The highest BCUT2D eigenvalue weighted by atomic mass is 79.9. The molecule has 26 heavy (non-hydrogen) atoms. The molecule has 0 spiro atoms. The first-order valence-electron chi connectivity index (χ1n) is 8.52. The minimum Gasteiger partial charge on any atom is -0.496 e. The van der Waals surface area contributed by atoms with Crippen LogP contribution in [-0.2, 0) is 17.6 Å². The van der Waals surface area contributed by atoms with Crippen LogP contribution in [0.25, 0.3) is 16.8 Å². The van der Waals surface area contributed by atoms with Crippen molar-refractivity contribution in [2.24, 2.45) is 0 Å². The zero-order chi connectivity index (χ0) is 18.1. The van der Waals surface area contributed by atoms with Crippen molar-refractivity contribution >= 4 is 44.4 Å². The van der Waals surface area contributed by atoms with E-state index in [2.05, 4.69) is 45.5 Å². The summed E-state index contributed by atoms with van der Waals surface area (Å²) in [5.74, 6) is 0.563. The third-order valence-corrected chi connectivity index (χ3v) is 5.23. The van der Waals surface area contributed by atoms with Gasteiger partial charge in [-0.25, -0.2) is 0 Å². The Morgan fingerprint density at radius 3 is 2.73 bits per heavy atom. The number of anilines is 1. The number of hydrogen-bond donors (Lipinski definition) is 1. The molecule has 0 bridgehead atoms. The molecule has 0 heterocycles. The van der Waals surface area contributed by atoms with Gasteiger partial charge in [0.2, 0.25) is 5.91 Å². The normalized spacial score (nSPS) is 12.7. The second-order valence-corrected chi connectivity index (χ2v) is 7.24. The van der Waals surface area contributed by atoms with Crippen LogP contribution in [0.5, 0.6) is 5.75 Å². The fourth-order valence-corrected chi connectivity index (χ4v) is 3.91. The number of amides is 1. The Kier molecular flexibility index (Phi) is 4.51. The topological polar surface area (TPSA) is 38.3 Å². The third kappa shape index (κ3) is 3.13. The summed E-state index contributed by atoms with van der Waals surface area (Å²) >= 11 is 3.44. The molecule has 3 aromatic rings. The largest absolute Gasteiger partial charge is 0.496 e. The van der Waals surface area contributed by atoms with Crippen LogP contribution in [0.2, 0.25) is 0 Å². The molecule has 0 aliphatic heterocycles. The Bertz CT molecular complexity index is 1030. The van der Waals surface area contributed by atoms with E-state index in [9.17, 15) is 4.79 Å². The van der Waals surface area contributed by atoms with Crippen molar-refractivity contribution in [3.05, 3.63) is 75.8 Å². The zero-order valence-electron chi connectivity index (χ0n) is 14.4. The maximum Gasteiger partial charge on any atom is 0.248 e. The lowest BCUT2D eigenvalue weighted by atomic mass is 10.0. The Morgan fingerprint density at radius 2 is 1.92 bits per heavy atom. The molecule has 4 heteroatoms. The number of hydrogen-bond acceptors (Lipinski definition) is 2. The number of carbonyl (C=O) groups is 1. The molecule has 3 aromatic carbocycles. The lowest BCUT2D eigenvalue weighted by Gasteiger charge is -2.09. The molecule has 0 radical (unpaired) electrons. The molecule has 0 saturated carbocycles. The Hall–Kier alpha value is -2.59. The lowest BCUT2D eigenvalue weighted by Crippen LogP contribution is -2.08. The van der Waals surface area contributed by atoms with Crippen molar-refractivity contribution in [2.75, 3.05) is 12.4 Å². The molecule has 1 aliphatic rings. The number of benzene rings is 3. The number of ether oxygens (including phenoxy) is 1. The van der Waals surface area contributed by atoms with Crippen molar-refractivity contribution in [3.63, 3.8) is 0 Å². The summed E-state index contributed by atoms with van der Waals surface area (Å²) in [4.78, 5) is 12.4. The molecule has 0 aromatic heterocycles. The van der Waals surface area contributed by atoms with E-state index in [1.165, 1.54) is 22.6 Å². The highest BCUT2D eigenvalue weighted by Crippen LogP contribution is 2.35. The molecule has 1 amide bonds. The number of nitrogens with one attached hydrogen (secondary N) is 1. The first-order valence-corrected chi connectivity index (χ1v) is 9.31. The van der Waals surface area contributed by atoms with Crippen LogP contribution in [0, 0.1) is 0 Å². The van der Waals surface area contributed by atoms with Crippen LogP contribution in [0.4, 0.5) is 5.69 Å². The lowest BCUT2D eigenvalue weighted by molar-refractivity contribution is -0.111. The number of carbonyl (C=O) groups excluding carboxylic acids is 1. The zero-order valence-corrected chi connectivity index (χ0v) is 16.0. The van der Waals surface area contributed by atoms with E-state index in [-0.39, 0.29) is 5.91 Å². The van der Waals surface area contributed by atoms with Gasteiger partial charge < -0.3 is 10.1 Å². The van der Waals surface area contributed by atoms with E-state index in [1.807, 2.05) is 24.3 Å². The number of halogens is 1. The van der Waals surface area contributed by atoms with Crippen molar-refractivity contribution in [1.82, 2.24) is 0 Å². The van der Waals surface area contributed by atoms with E-state index < -0.39 is 0 Å². The minimum atomic E-state index is -0.161. The Morgan fingerprint density at radius 1 is 1.12 bits per heavy atom. The van der Waals surface area contributed by atoms with Gasteiger partial charge in [-0.15, -0.1) is 0 Å². The summed E-state index contributed by atoms with van der Waals surface area (Å²) < 4.78 is 6.27. The van der Waals surface area contributed by atoms with Crippen LogP contribution in [0.1, 0.15) is 16.7 Å². The van der Waals surface area contributed by atoms with Crippen LogP contribution in [0.15, 0.2) is 59.1 Å². The molecule has 4 rings (SSSR count). The second kappa shape index (κ2) is 6.96. The molecular weight excluding hydrogens is 390 g/mol. The quantitative estimate of drug-likeness (QED) is 0.591.